The number of benzene rings is 1. The normalized spacial score (nSPS) is 36.5. The Hall–Kier alpha value is -1.62. The predicted molar refractivity (Wildman–Crippen MR) is 110 cm³/mol. The van der Waals surface area contributed by atoms with Gasteiger partial charge in [0.1, 0.15) is 6.17 Å². The number of aldehydes is 1. The fourth-order valence-electron chi connectivity index (χ4n) is 6.52. The highest BCUT2D eigenvalue weighted by molar-refractivity contribution is 5.84. The van der Waals surface area contributed by atoms with Crippen molar-refractivity contribution in [2.45, 2.75) is 75.8 Å². The summed E-state index contributed by atoms with van der Waals surface area (Å²) < 4.78 is 14.1. The summed E-state index contributed by atoms with van der Waals surface area (Å²) in [5, 5.41) is 3.35. The van der Waals surface area contributed by atoms with E-state index in [2.05, 4.69) is 33.3 Å². The number of anilines is 2. The van der Waals surface area contributed by atoms with Gasteiger partial charge in [0.05, 0.1) is 11.4 Å². The van der Waals surface area contributed by atoms with Crippen molar-refractivity contribution < 1.29 is 9.18 Å². The molecule has 2 saturated carbocycles. The second-order valence-electron chi connectivity index (χ2n) is 9.25. The van der Waals surface area contributed by atoms with Crippen LogP contribution >= 0.6 is 0 Å². The summed E-state index contributed by atoms with van der Waals surface area (Å²) in [4.78, 5) is 16.6. The molecule has 1 saturated heterocycles. The Morgan fingerprint density at radius 2 is 1.86 bits per heavy atom. The Kier molecular flexibility index (Phi) is 5.04. The number of hydrogen-bond acceptors (Lipinski definition) is 4. The first-order chi connectivity index (χ1) is 13.7. The second kappa shape index (κ2) is 7.66. The van der Waals surface area contributed by atoms with Crippen molar-refractivity contribution in [3.05, 3.63) is 24.3 Å². The van der Waals surface area contributed by atoms with Crippen molar-refractivity contribution >= 4 is 17.7 Å². The van der Waals surface area contributed by atoms with E-state index in [1.54, 1.807) is 0 Å². The maximum Gasteiger partial charge on any atom is 0.162 e. The van der Waals surface area contributed by atoms with E-state index in [1.807, 2.05) is 6.07 Å². The van der Waals surface area contributed by atoms with Crippen LogP contribution in [-0.2, 0) is 4.79 Å². The third-order valence-corrected chi connectivity index (χ3v) is 7.83. The van der Waals surface area contributed by atoms with E-state index in [-0.39, 0.29) is 6.17 Å². The summed E-state index contributed by atoms with van der Waals surface area (Å²) in [6, 6.07) is 9.20. The molecule has 1 N–H and O–H groups in total. The lowest BCUT2D eigenvalue weighted by atomic mass is 9.67. The Morgan fingerprint density at radius 3 is 2.68 bits per heavy atom. The van der Waals surface area contributed by atoms with E-state index in [0.29, 0.717) is 18.0 Å². The minimum Gasteiger partial charge on any atom is -0.358 e. The van der Waals surface area contributed by atoms with Crippen LogP contribution in [0.4, 0.5) is 15.8 Å². The Balaban J connectivity index is 1.27. The zero-order valence-electron chi connectivity index (χ0n) is 16.6. The van der Waals surface area contributed by atoms with E-state index < -0.39 is 6.17 Å². The van der Waals surface area contributed by atoms with Crippen molar-refractivity contribution in [3.8, 4) is 0 Å². The van der Waals surface area contributed by atoms with E-state index in [0.717, 1.165) is 68.8 Å². The molecular formula is C23H32FN3O. The van der Waals surface area contributed by atoms with Gasteiger partial charge in [0.15, 0.2) is 12.5 Å². The van der Waals surface area contributed by atoms with Gasteiger partial charge in [0.25, 0.3) is 0 Å². The first-order valence-corrected chi connectivity index (χ1v) is 11.2. The van der Waals surface area contributed by atoms with Gasteiger partial charge in [-0.25, -0.2) is 4.39 Å². The number of nitrogens with zero attached hydrogens (tertiary/aromatic N) is 2. The molecule has 5 atom stereocenters. The Bertz CT molecular complexity index is 705. The molecule has 0 spiro atoms. The summed E-state index contributed by atoms with van der Waals surface area (Å²) in [5.74, 6) is 1.31. The standard InChI is InChI=1S/C23H32FN3O/c24-17-9-8-16-4-3-7-21(19(16)14-17)26-12-10-18(11-13-26)27-22-6-2-1-5-20(22)25-23(27)15-28/h1-2,5-6,15-19,21,23,25H,3-4,7-14H2. The number of piperidine rings is 1. The third kappa shape index (κ3) is 3.22. The van der Waals surface area contributed by atoms with Gasteiger partial charge < -0.3 is 10.2 Å². The summed E-state index contributed by atoms with van der Waals surface area (Å²) in [6.07, 6.45) is 8.86. The molecule has 3 fully saturated rings. The molecule has 2 heterocycles. The molecule has 4 aliphatic rings. The number of alkyl halides is 1. The average Bonchev–Trinajstić information content (AvgIpc) is 3.12. The van der Waals surface area contributed by atoms with Crippen molar-refractivity contribution in [1.82, 2.24) is 4.90 Å². The molecule has 5 rings (SSSR count). The second-order valence-corrected chi connectivity index (χ2v) is 9.25. The van der Waals surface area contributed by atoms with Gasteiger partial charge in [-0.05, 0) is 62.5 Å². The van der Waals surface area contributed by atoms with Crippen LogP contribution in [0.15, 0.2) is 24.3 Å². The molecule has 5 unspecified atom stereocenters. The molecule has 2 aliphatic carbocycles. The van der Waals surface area contributed by atoms with Gasteiger partial charge in [0.2, 0.25) is 0 Å². The van der Waals surface area contributed by atoms with E-state index >= 15 is 0 Å². The molecule has 0 bridgehead atoms. The molecule has 1 aromatic rings. The first-order valence-electron chi connectivity index (χ1n) is 11.2. The highest BCUT2D eigenvalue weighted by atomic mass is 19.1. The summed E-state index contributed by atoms with van der Waals surface area (Å²) in [7, 11) is 0. The number of likely N-dealkylation sites (tertiary alicyclic amines) is 1. The molecule has 1 aromatic carbocycles. The fourth-order valence-corrected chi connectivity index (χ4v) is 6.52. The first kappa shape index (κ1) is 18.4. The predicted octanol–water partition coefficient (Wildman–Crippen LogP) is 4.21. The largest absolute Gasteiger partial charge is 0.358 e. The SMILES string of the molecule is O=CC1Nc2ccccc2N1C1CCN(C2CCCC3CCC(F)CC32)CC1. The quantitative estimate of drug-likeness (QED) is 0.791. The zero-order chi connectivity index (χ0) is 19.1. The molecule has 0 radical (unpaired) electrons. The number of hydrogen-bond donors (Lipinski definition) is 1. The average molecular weight is 386 g/mol. The molecule has 5 heteroatoms. The monoisotopic (exact) mass is 385 g/mol. The van der Waals surface area contributed by atoms with Crippen LogP contribution in [0, 0.1) is 11.8 Å². The van der Waals surface area contributed by atoms with Crippen molar-refractivity contribution in [2.24, 2.45) is 11.8 Å². The molecule has 0 amide bonds. The summed E-state index contributed by atoms with van der Waals surface area (Å²) >= 11 is 0. The van der Waals surface area contributed by atoms with Gasteiger partial charge in [-0.3, -0.25) is 9.69 Å². The van der Waals surface area contributed by atoms with Crippen LogP contribution in [0.3, 0.4) is 0 Å². The minimum atomic E-state index is -0.583. The van der Waals surface area contributed by atoms with Crippen molar-refractivity contribution in [3.63, 3.8) is 0 Å². The van der Waals surface area contributed by atoms with Crippen LogP contribution in [0.2, 0.25) is 0 Å². The van der Waals surface area contributed by atoms with Crippen LogP contribution in [0.1, 0.15) is 51.4 Å². The molecular weight excluding hydrogens is 353 g/mol. The third-order valence-electron chi connectivity index (χ3n) is 7.83. The Morgan fingerprint density at radius 1 is 1.04 bits per heavy atom. The van der Waals surface area contributed by atoms with E-state index in [1.165, 1.54) is 19.3 Å². The molecule has 28 heavy (non-hydrogen) atoms. The molecule has 0 aromatic heterocycles. The van der Waals surface area contributed by atoms with Crippen LogP contribution in [0.5, 0.6) is 0 Å². The van der Waals surface area contributed by atoms with Crippen LogP contribution in [-0.4, -0.2) is 48.7 Å². The van der Waals surface area contributed by atoms with Crippen molar-refractivity contribution in [1.29, 1.82) is 0 Å². The minimum absolute atomic E-state index is 0.251. The maximum absolute atomic E-state index is 14.1. The number of carbonyl (C=O) groups is 1. The number of carbonyl (C=O) groups excluding carboxylic acids is 1. The van der Waals surface area contributed by atoms with Crippen molar-refractivity contribution in [2.75, 3.05) is 23.3 Å². The number of rotatable bonds is 3. The highest BCUT2D eigenvalue weighted by Gasteiger charge is 2.42. The summed E-state index contributed by atoms with van der Waals surface area (Å²) in [6.45, 7) is 2.14. The van der Waals surface area contributed by atoms with E-state index in [9.17, 15) is 9.18 Å². The number of fused-ring (bicyclic) bond motifs is 2. The molecule has 152 valence electrons. The molecule has 4 nitrogen and oxygen atoms in total. The number of para-hydroxylation sites is 2. The van der Waals surface area contributed by atoms with Gasteiger partial charge in [-0.2, -0.15) is 0 Å². The smallest absolute Gasteiger partial charge is 0.162 e. The van der Waals surface area contributed by atoms with Gasteiger partial charge in [-0.15, -0.1) is 0 Å². The lowest BCUT2D eigenvalue weighted by Gasteiger charge is -2.49. The Labute approximate surface area is 167 Å². The van der Waals surface area contributed by atoms with Gasteiger partial charge in [-0.1, -0.05) is 25.0 Å². The van der Waals surface area contributed by atoms with E-state index in [4.69, 9.17) is 0 Å². The summed E-state index contributed by atoms with van der Waals surface area (Å²) in [5.41, 5.74) is 2.22. The highest BCUT2D eigenvalue weighted by Crippen LogP contribution is 2.44. The number of halogens is 1. The van der Waals surface area contributed by atoms with Crippen LogP contribution < -0.4 is 10.2 Å². The van der Waals surface area contributed by atoms with Gasteiger partial charge in [0, 0.05) is 25.2 Å². The fraction of sp³-hybridized carbons (Fsp3) is 0.696. The topological polar surface area (TPSA) is 35.6 Å². The lowest BCUT2D eigenvalue weighted by Crippen LogP contribution is -2.54. The zero-order valence-corrected chi connectivity index (χ0v) is 16.6. The molecule has 2 aliphatic heterocycles. The lowest BCUT2D eigenvalue weighted by molar-refractivity contribution is -0.108. The van der Waals surface area contributed by atoms with Gasteiger partial charge >= 0.3 is 0 Å². The maximum atomic E-state index is 14.1. The number of nitrogens with one attached hydrogen (secondary N) is 1. The van der Waals surface area contributed by atoms with Crippen LogP contribution in [0.25, 0.3) is 0 Å².